The molecule has 190 valence electrons. The predicted molar refractivity (Wildman–Crippen MR) is 137 cm³/mol. The summed E-state index contributed by atoms with van der Waals surface area (Å²) in [5, 5.41) is 0.484. The smallest absolute Gasteiger partial charge is 0.291 e. The molecule has 0 radical (unpaired) electrons. The molecular weight excluding hydrogens is 458 g/mol. The summed E-state index contributed by atoms with van der Waals surface area (Å²) in [6.07, 6.45) is 1.76. The number of aryl methyl sites for hydroxylation is 2. The molecule has 2 atom stereocenters. The number of carbonyl (C=O) groups is 1. The van der Waals surface area contributed by atoms with Gasteiger partial charge in [-0.25, -0.2) is 0 Å². The van der Waals surface area contributed by atoms with E-state index in [0.29, 0.717) is 53.7 Å². The number of hydrogen-bond acceptors (Lipinski definition) is 6. The van der Waals surface area contributed by atoms with Crippen LogP contribution in [0.2, 0.25) is 0 Å². The molecule has 1 fully saturated rings. The molecule has 2 aliphatic rings. The van der Waals surface area contributed by atoms with Crippen molar-refractivity contribution < 1.29 is 23.4 Å². The Morgan fingerprint density at radius 2 is 1.86 bits per heavy atom. The fourth-order valence-corrected chi connectivity index (χ4v) is 5.05. The summed E-state index contributed by atoms with van der Waals surface area (Å²) in [5.41, 5.74) is 3.39. The normalized spacial score (nSPS) is 19.4. The van der Waals surface area contributed by atoms with Gasteiger partial charge in [-0.2, -0.15) is 0 Å². The van der Waals surface area contributed by atoms with Gasteiger partial charge in [0.25, 0.3) is 5.91 Å². The van der Waals surface area contributed by atoms with E-state index in [-0.39, 0.29) is 23.2 Å². The molecule has 0 saturated carbocycles. The minimum absolute atomic E-state index is 0.0738. The average molecular weight is 492 g/mol. The van der Waals surface area contributed by atoms with Crippen molar-refractivity contribution in [1.29, 1.82) is 0 Å². The Hall–Kier alpha value is -3.32. The van der Waals surface area contributed by atoms with Gasteiger partial charge in [0.15, 0.2) is 16.9 Å². The van der Waals surface area contributed by atoms with Gasteiger partial charge < -0.3 is 23.5 Å². The quantitative estimate of drug-likeness (QED) is 0.453. The van der Waals surface area contributed by atoms with Crippen molar-refractivity contribution in [2.24, 2.45) is 5.92 Å². The number of fused-ring (bicyclic) bond motifs is 2. The van der Waals surface area contributed by atoms with Gasteiger partial charge >= 0.3 is 0 Å². The van der Waals surface area contributed by atoms with Crippen molar-refractivity contribution in [3.05, 3.63) is 68.6 Å². The molecule has 3 heterocycles. The minimum atomic E-state index is -0.605. The van der Waals surface area contributed by atoms with Gasteiger partial charge in [0, 0.05) is 13.2 Å². The van der Waals surface area contributed by atoms with Crippen LogP contribution in [0.15, 0.2) is 39.5 Å². The van der Waals surface area contributed by atoms with Crippen LogP contribution in [0.4, 0.5) is 0 Å². The Morgan fingerprint density at radius 1 is 1.08 bits per heavy atom. The molecule has 2 aromatic carbocycles. The van der Waals surface area contributed by atoms with E-state index in [4.69, 9.17) is 18.6 Å². The number of benzene rings is 2. The first-order chi connectivity index (χ1) is 17.3. The van der Waals surface area contributed by atoms with Crippen LogP contribution < -0.4 is 14.9 Å². The zero-order chi connectivity index (χ0) is 25.6. The van der Waals surface area contributed by atoms with E-state index in [9.17, 15) is 9.59 Å². The predicted octanol–water partition coefficient (Wildman–Crippen LogP) is 5.18. The molecule has 7 nitrogen and oxygen atoms in total. The molecule has 5 rings (SSSR count). The van der Waals surface area contributed by atoms with Crippen molar-refractivity contribution in [1.82, 2.24) is 4.90 Å². The Morgan fingerprint density at radius 3 is 2.56 bits per heavy atom. The molecule has 0 spiro atoms. The Balaban J connectivity index is 1.66. The van der Waals surface area contributed by atoms with Gasteiger partial charge in [0.05, 0.1) is 36.8 Å². The summed E-state index contributed by atoms with van der Waals surface area (Å²) < 4.78 is 23.6. The van der Waals surface area contributed by atoms with Crippen molar-refractivity contribution in [2.75, 3.05) is 26.9 Å². The van der Waals surface area contributed by atoms with E-state index < -0.39 is 6.04 Å². The molecule has 1 saturated heterocycles. The average Bonchev–Trinajstić information content (AvgIpc) is 3.46. The van der Waals surface area contributed by atoms with Gasteiger partial charge in [-0.15, -0.1) is 0 Å². The fraction of sp³-hybridized carbons (Fsp3) is 0.448. The number of hydrogen-bond donors (Lipinski definition) is 0. The number of amides is 1. The second-order valence-electron chi connectivity index (χ2n) is 10.2. The highest BCUT2D eigenvalue weighted by atomic mass is 16.5. The summed E-state index contributed by atoms with van der Waals surface area (Å²) in [4.78, 5) is 29.3. The van der Waals surface area contributed by atoms with E-state index in [1.165, 1.54) is 0 Å². The number of nitrogens with zero attached hydrogens (tertiary/aromatic N) is 1. The SMILES string of the molecule is COc1cc([C@@H]2c3c(oc4cc(C)c(C)cc4c3=O)C(=O)N2C[C@@H]2CCCO2)ccc1OCC(C)C. The second-order valence-corrected chi connectivity index (χ2v) is 10.2. The summed E-state index contributed by atoms with van der Waals surface area (Å²) in [6, 6.07) is 8.69. The van der Waals surface area contributed by atoms with E-state index in [1.807, 2.05) is 44.2 Å². The standard InChI is InChI=1S/C29H33NO6/c1-16(2)15-35-22-9-8-19(13-24(22)33-5)26-25-27(31)21-11-17(3)18(4)12-23(21)36-28(25)29(32)30(26)14-20-7-6-10-34-20/h8-9,11-13,16,20,26H,6-7,10,14-15H2,1-5H3/t20-,26+/m0/s1. The van der Waals surface area contributed by atoms with Crippen LogP contribution in [0.1, 0.15) is 65.5 Å². The Labute approximate surface area is 210 Å². The molecule has 1 aromatic heterocycles. The highest BCUT2D eigenvalue weighted by Gasteiger charge is 2.44. The van der Waals surface area contributed by atoms with Crippen LogP contribution in [0.5, 0.6) is 11.5 Å². The van der Waals surface area contributed by atoms with E-state index in [1.54, 1.807) is 12.0 Å². The molecular formula is C29H33NO6. The van der Waals surface area contributed by atoms with Crippen molar-refractivity contribution >= 4 is 16.9 Å². The maximum atomic E-state index is 13.9. The lowest BCUT2D eigenvalue weighted by atomic mass is 9.97. The van der Waals surface area contributed by atoms with Crippen LogP contribution >= 0.6 is 0 Å². The topological polar surface area (TPSA) is 78.2 Å². The van der Waals surface area contributed by atoms with Gasteiger partial charge in [0.1, 0.15) is 5.58 Å². The maximum absolute atomic E-state index is 13.9. The lowest BCUT2D eigenvalue weighted by molar-refractivity contribution is 0.0486. The zero-order valence-corrected chi connectivity index (χ0v) is 21.6. The monoisotopic (exact) mass is 491 g/mol. The molecule has 3 aromatic rings. The highest BCUT2D eigenvalue weighted by Crippen LogP contribution is 2.41. The second kappa shape index (κ2) is 9.62. The van der Waals surface area contributed by atoms with Gasteiger partial charge in [0.2, 0.25) is 5.76 Å². The zero-order valence-electron chi connectivity index (χ0n) is 21.6. The summed E-state index contributed by atoms with van der Waals surface area (Å²) in [7, 11) is 1.59. The van der Waals surface area contributed by atoms with Crippen LogP contribution in [0.25, 0.3) is 11.0 Å². The molecule has 2 aliphatic heterocycles. The Bertz CT molecular complexity index is 1370. The van der Waals surface area contributed by atoms with Crippen LogP contribution in [0.3, 0.4) is 0 Å². The van der Waals surface area contributed by atoms with Gasteiger partial charge in [-0.3, -0.25) is 9.59 Å². The molecule has 0 aliphatic carbocycles. The molecule has 0 bridgehead atoms. The van der Waals surface area contributed by atoms with E-state index >= 15 is 0 Å². The highest BCUT2D eigenvalue weighted by molar-refractivity contribution is 5.99. The molecule has 1 amide bonds. The third-order valence-corrected chi connectivity index (χ3v) is 7.08. The lowest BCUT2D eigenvalue weighted by Gasteiger charge is -2.28. The van der Waals surface area contributed by atoms with E-state index in [0.717, 1.165) is 29.5 Å². The van der Waals surface area contributed by atoms with Gasteiger partial charge in [-0.05, 0) is 73.6 Å². The summed E-state index contributed by atoms with van der Waals surface area (Å²) >= 11 is 0. The number of methoxy groups -OCH3 is 1. The first kappa shape index (κ1) is 24.4. The maximum Gasteiger partial charge on any atom is 0.291 e. The third-order valence-electron chi connectivity index (χ3n) is 7.08. The first-order valence-corrected chi connectivity index (χ1v) is 12.6. The van der Waals surface area contributed by atoms with E-state index in [2.05, 4.69) is 13.8 Å². The largest absolute Gasteiger partial charge is 0.493 e. The van der Waals surface area contributed by atoms with Gasteiger partial charge in [-0.1, -0.05) is 19.9 Å². The number of carbonyl (C=O) groups excluding carboxylic acids is 1. The third kappa shape index (κ3) is 4.26. The Kier molecular flexibility index (Phi) is 6.51. The van der Waals surface area contributed by atoms with Crippen LogP contribution in [-0.2, 0) is 4.74 Å². The first-order valence-electron chi connectivity index (χ1n) is 12.6. The molecule has 36 heavy (non-hydrogen) atoms. The molecule has 7 heteroatoms. The number of ether oxygens (including phenoxy) is 3. The van der Waals surface area contributed by atoms with Crippen molar-refractivity contribution in [3.63, 3.8) is 0 Å². The van der Waals surface area contributed by atoms with Crippen LogP contribution in [-0.4, -0.2) is 43.8 Å². The summed E-state index contributed by atoms with van der Waals surface area (Å²) in [6.45, 7) is 9.71. The lowest BCUT2D eigenvalue weighted by Crippen LogP contribution is -2.36. The van der Waals surface area contributed by atoms with Crippen LogP contribution in [0, 0.1) is 19.8 Å². The number of rotatable bonds is 7. The fourth-order valence-electron chi connectivity index (χ4n) is 5.05. The van der Waals surface area contributed by atoms with Crippen molar-refractivity contribution in [3.8, 4) is 11.5 Å². The molecule has 0 N–H and O–H groups in total. The molecule has 0 unspecified atom stereocenters. The van der Waals surface area contributed by atoms with Crippen molar-refractivity contribution in [2.45, 2.75) is 52.7 Å². The summed E-state index contributed by atoms with van der Waals surface area (Å²) in [5.74, 6) is 1.37. The minimum Gasteiger partial charge on any atom is -0.493 e.